The van der Waals surface area contributed by atoms with Gasteiger partial charge in [-0.2, -0.15) is 0 Å². The lowest BCUT2D eigenvalue weighted by atomic mass is 9.95. The van der Waals surface area contributed by atoms with E-state index in [0.29, 0.717) is 24.5 Å². The Labute approximate surface area is 118 Å². The van der Waals surface area contributed by atoms with Gasteiger partial charge < -0.3 is 10.1 Å². The van der Waals surface area contributed by atoms with E-state index in [4.69, 9.17) is 4.74 Å². The van der Waals surface area contributed by atoms with Gasteiger partial charge in [0, 0.05) is 13.1 Å². The van der Waals surface area contributed by atoms with Crippen molar-refractivity contribution in [1.82, 2.24) is 5.32 Å². The number of benzene rings is 2. The molecular formula is C17H17NO2. The molecule has 0 unspecified atom stereocenters. The number of ketones is 1. The van der Waals surface area contributed by atoms with Crippen molar-refractivity contribution in [2.45, 2.75) is 6.54 Å². The smallest absolute Gasteiger partial charge is 0.174 e. The summed E-state index contributed by atoms with van der Waals surface area (Å²) in [6.45, 7) is 1.87. The van der Waals surface area contributed by atoms with E-state index in [1.54, 1.807) is 0 Å². The molecule has 0 spiro atoms. The SMILES string of the molecule is O=C1c2ccccc2OC[C@H]1CNCc1ccccc1. The van der Waals surface area contributed by atoms with Crippen LogP contribution in [0.4, 0.5) is 0 Å². The van der Waals surface area contributed by atoms with Crippen molar-refractivity contribution < 1.29 is 9.53 Å². The minimum atomic E-state index is -0.103. The molecule has 1 aliphatic heterocycles. The first kappa shape index (κ1) is 12.9. The average molecular weight is 267 g/mol. The summed E-state index contributed by atoms with van der Waals surface area (Å²) in [5.74, 6) is 0.776. The quantitative estimate of drug-likeness (QED) is 0.925. The normalized spacial score (nSPS) is 17.4. The van der Waals surface area contributed by atoms with Gasteiger partial charge in [-0.25, -0.2) is 0 Å². The van der Waals surface area contributed by atoms with Crippen LogP contribution in [-0.2, 0) is 6.54 Å². The highest BCUT2D eigenvalue weighted by molar-refractivity contribution is 6.01. The lowest BCUT2D eigenvalue weighted by Crippen LogP contribution is -2.35. The highest BCUT2D eigenvalue weighted by Crippen LogP contribution is 2.26. The van der Waals surface area contributed by atoms with Crippen LogP contribution < -0.4 is 10.1 Å². The van der Waals surface area contributed by atoms with Crippen LogP contribution in [0.3, 0.4) is 0 Å². The Bertz CT molecular complexity index is 595. The van der Waals surface area contributed by atoms with Crippen LogP contribution in [0, 0.1) is 5.92 Å². The first-order valence-electron chi connectivity index (χ1n) is 6.85. The number of carbonyl (C=O) groups excluding carboxylic acids is 1. The lowest BCUT2D eigenvalue weighted by Gasteiger charge is -2.24. The first-order chi connectivity index (χ1) is 9.84. The molecule has 20 heavy (non-hydrogen) atoms. The Balaban J connectivity index is 1.58. The summed E-state index contributed by atoms with van der Waals surface area (Å²) >= 11 is 0. The highest BCUT2D eigenvalue weighted by Gasteiger charge is 2.27. The second-order valence-corrected chi connectivity index (χ2v) is 4.98. The van der Waals surface area contributed by atoms with E-state index >= 15 is 0 Å². The predicted molar refractivity (Wildman–Crippen MR) is 77.9 cm³/mol. The number of hydrogen-bond acceptors (Lipinski definition) is 3. The summed E-state index contributed by atoms with van der Waals surface area (Å²) in [6.07, 6.45) is 0. The molecule has 0 saturated carbocycles. The van der Waals surface area contributed by atoms with Crippen molar-refractivity contribution in [2.24, 2.45) is 5.92 Å². The number of Topliss-reactive ketones (excluding diaryl/α,β-unsaturated/α-hetero) is 1. The van der Waals surface area contributed by atoms with Gasteiger partial charge in [-0.3, -0.25) is 4.79 Å². The summed E-state index contributed by atoms with van der Waals surface area (Å²) in [5.41, 5.74) is 1.92. The van der Waals surface area contributed by atoms with Crippen LogP contribution in [0.25, 0.3) is 0 Å². The molecule has 0 amide bonds. The molecule has 0 aromatic heterocycles. The van der Waals surface area contributed by atoms with Gasteiger partial charge in [0.1, 0.15) is 5.75 Å². The molecule has 0 saturated heterocycles. The summed E-state index contributed by atoms with van der Waals surface area (Å²) in [6, 6.07) is 17.6. The lowest BCUT2D eigenvalue weighted by molar-refractivity contribution is 0.0829. The number of hydrogen-bond donors (Lipinski definition) is 1. The molecule has 1 atom stereocenters. The average Bonchev–Trinajstić information content (AvgIpc) is 2.51. The molecule has 3 nitrogen and oxygen atoms in total. The monoisotopic (exact) mass is 267 g/mol. The van der Waals surface area contributed by atoms with Crippen LogP contribution in [0.2, 0.25) is 0 Å². The van der Waals surface area contributed by atoms with Gasteiger partial charge in [-0.05, 0) is 17.7 Å². The minimum absolute atomic E-state index is 0.103. The van der Waals surface area contributed by atoms with Gasteiger partial charge in [-0.15, -0.1) is 0 Å². The van der Waals surface area contributed by atoms with E-state index < -0.39 is 0 Å². The molecular weight excluding hydrogens is 250 g/mol. The molecule has 0 fully saturated rings. The molecule has 1 N–H and O–H groups in total. The molecule has 1 heterocycles. The van der Waals surface area contributed by atoms with Crippen LogP contribution >= 0.6 is 0 Å². The third-order valence-electron chi connectivity index (χ3n) is 3.53. The van der Waals surface area contributed by atoms with E-state index in [9.17, 15) is 4.79 Å². The second kappa shape index (κ2) is 5.88. The zero-order valence-corrected chi connectivity index (χ0v) is 11.2. The molecule has 2 aromatic carbocycles. The molecule has 3 heteroatoms. The van der Waals surface area contributed by atoms with Gasteiger partial charge in [0.05, 0.1) is 18.1 Å². The van der Waals surface area contributed by atoms with Gasteiger partial charge in [0.15, 0.2) is 5.78 Å². The Kier molecular flexibility index (Phi) is 3.79. The maximum Gasteiger partial charge on any atom is 0.174 e. The Morgan fingerprint density at radius 2 is 1.80 bits per heavy atom. The number of ether oxygens (including phenoxy) is 1. The Morgan fingerprint density at radius 3 is 2.65 bits per heavy atom. The third-order valence-corrected chi connectivity index (χ3v) is 3.53. The van der Waals surface area contributed by atoms with Crippen molar-refractivity contribution in [3.63, 3.8) is 0 Å². The second-order valence-electron chi connectivity index (χ2n) is 4.98. The fourth-order valence-electron chi connectivity index (χ4n) is 2.42. The molecule has 1 aliphatic rings. The van der Waals surface area contributed by atoms with Gasteiger partial charge in [0.2, 0.25) is 0 Å². The van der Waals surface area contributed by atoms with Crippen molar-refractivity contribution in [3.8, 4) is 5.75 Å². The predicted octanol–water partition coefficient (Wildman–Crippen LogP) is 2.67. The summed E-state index contributed by atoms with van der Waals surface area (Å²) in [7, 11) is 0. The Hall–Kier alpha value is -2.13. The number of fused-ring (bicyclic) bond motifs is 1. The third kappa shape index (κ3) is 2.73. The maximum atomic E-state index is 12.3. The molecule has 0 radical (unpaired) electrons. The van der Waals surface area contributed by atoms with Gasteiger partial charge >= 0.3 is 0 Å². The van der Waals surface area contributed by atoms with Crippen molar-refractivity contribution >= 4 is 5.78 Å². The van der Waals surface area contributed by atoms with Crippen molar-refractivity contribution in [3.05, 3.63) is 65.7 Å². The number of nitrogens with one attached hydrogen (secondary N) is 1. The van der Waals surface area contributed by atoms with Crippen LogP contribution in [-0.4, -0.2) is 18.9 Å². The van der Waals surface area contributed by atoms with Crippen molar-refractivity contribution in [2.75, 3.05) is 13.2 Å². The molecule has 3 rings (SSSR count). The standard InChI is InChI=1S/C17H17NO2/c19-17-14(11-18-10-13-6-2-1-3-7-13)12-20-16-9-5-4-8-15(16)17/h1-9,14,18H,10-12H2/t14-/m1/s1. The van der Waals surface area contributed by atoms with Gasteiger partial charge in [-0.1, -0.05) is 42.5 Å². The molecule has 0 bridgehead atoms. The van der Waals surface area contributed by atoms with Crippen LogP contribution in [0.15, 0.2) is 54.6 Å². The first-order valence-corrected chi connectivity index (χ1v) is 6.85. The largest absolute Gasteiger partial charge is 0.492 e. The fourth-order valence-corrected chi connectivity index (χ4v) is 2.42. The molecule has 0 aliphatic carbocycles. The van der Waals surface area contributed by atoms with Crippen LogP contribution in [0.5, 0.6) is 5.75 Å². The number of para-hydroxylation sites is 1. The van der Waals surface area contributed by atoms with E-state index in [2.05, 4.69) is 17.4 Å². The zero-order valence-electron chi connectivity index (χ0n) is 11.2. The number of rotatable bonds is 4. The Morgan fingerprint density at radius 1 is 1.05 bits per heavy atom. The van der Waals surface area contributed by atoms with E-state index in [1.807, 2.05) is 42.5 Å². The summed E-state index contributed by atoms with van der Waals surface area (Å²) in [4.78, 5) is 12.3. The van der Waals surface area contributed by atoms with Crippen molar-refractivity contribution in [1.29, 1.82) is 0 Å². The van der Waals surface area contributed by atoms with Crippen LogP contribution in [0.1, 0.15) is 15.9 Å². The van der Waals surface area contributed by atoms with E-state index in [0.717, 1.165) is 6.54 Å². The van der Waals surface area contributed by atoms with E-state index in [1.165, 1.54) is 5.56 Å². The number of carbonyl (C=O) groups is 1. The van der Waals surface area contributed by atoms with E-state index in [-0.39, 0.29) is 11.7 Å². The maximum absolute atomic E-state index is 12.3. The summed E-state index contributed by atoms with van der Waals surface area (Å²) in [5, 5.41) is 3.33. The molecule has 2 aromatic rings. The van der Waals surface area contributed by atoms with Gasteiger partial charge in [0.25, 0.3) is 0 Å². The topological polar surface area (TPSA) is 38.3 Å². The summed E-state index contributed by atoms with van der Waals surface area (Å²) < 4.78 is 5.65. The fraction of sp³-hybridized carbons (Fsp3) is 0.235. The zero-order chi connectivity index (χ0) is 13.8. The highest BCUT2D eigenvalue weighted by atomic mass is 16.5. The minimum Gasteiger partial charge on any atom is -0.492 e. The molecule has 102 valence electrons.